The van der Waals surface area contributed by atoms with E-state index in [-0.39, 0.29) is 12.3 Å². The van der Waals surface area contributed by atoms with Crippen molar-refractivity contribution in [3.05, 3.63) is 52.4 Å². The Bertz CT molecular complexity index is 933. The Balaban J connectivity index is 1.46. The van der Waals surface area contributed by atoms with Crippen LogP contribution in [0.2, 0.25) is 0 Å². The van der Waals surface area contributed by atoms with Crippen LogP contribution in [0.15, 0.2) is 40.6 Å². The molecule has 27 heavy (non-hydrogen) atoms. The number of carbonyl (C=O) groups is 1. The first-order valence-electron chi connectivity index (χ1n) is 9.05. The number of nitrogens with zero attached hydrogens (tertiary/aromatic N) is 2. The highest BCUT2D eigenvalue weighted by molar-refractivity contribution is 7.91. The van der Waals surface area contributed by atoms with Gasteiger partial charge in [0.25, 0.3) is 10.0 Å². The van der Waals surface area contributed by atoms with Crippen molar-refractivity contribution in [1.82, 2.24) is 9.21 Å². The zero-order chi connectivity index (χ0) is 18.9. The fourth-order valence-corrected chi connectivity index (χ4v) is 6.39. The molecule has 0 atom stereocenters. The molecule has 0 aliphatic carbocycles. The zero-order valence-corrected chi connectivity index (χ0v) is 16.6. The van der Waals surface area contributed by atoms with E-state index in [4.69, 9.17) is 4.74 Å². The second-order valence-corrected chi connectivity index (χ2v) is 10.1. The molecule has 0 saturated carbocycles. The van der Waals surface area contributed by atoms with E-state index in [0.717, 1.165) is 16.9 Å². The van der Waals surface area contributed by atoms with Crippen molar-refractivity contribution in [3.8, 4) is 0 Å². The lowest BCUT2D eigenvalue weighted by atomic mass is 10.0. The van der Waals surface area contributed by atoms with Gasteiger partial charge < -0.3 is 9.64 Å². The van der Waals surface area contributed by atoms with Crippen LogP contribution in [-0.4, -0.2) is 56.4 Å². The maximum Gasteiger partial charge on any atom is 0.252 e. The van der Waals surface area contributed by atoms with Crippen molar-refractivity contribution in [2.45, 2.75) is 23.6 Å². The largest absolute Gasteiger partial charge is 0.378 e. The van der Waals surface area contributed by atoms with E-state index in [2.05, 4.69) is 6.07 Å². The van der Waals surface area contributed by atoms with E-state index in [1.807, 2.05) is 18.2 Å². The Kier molecular flexibility index (Phi) is 5.32. The van der Waals surface area contributed by atoms with E-state index >= 15 is 0 Å². The van der Waals surface area contributed by atoms with Crippen LogP contribution in [0, 0.1) is 0 Å². The average Bonchev–Trinajstić information content (AvgIpc) is 3.17. The molecule has 1 saturated heterocycles. The van der Waals surface area contributed by atoms with Crippen molar-refractivity contribution in [2.24, 2.45) is 0 Å². The molecule has 1 amide bonds. The van der Waals surface area contributed by atoms with Gasteiger partial charge >= 0.3 is 0 Å². The fraction of sp³-hybridized carbons (Fsp3) is 0.421. The number of hydrogen-bond donors (Lipinski definition) is 0. The second-order valence-electron chi connectivity index (χ2n) is 6.75. The molecule has 4 rings (SSSR count). The molecule has 0 bridgehead atoms. The highest BCUT2D eigenvalue weighted by atomic mass is 32.2. The lowest BCUT2D eigenvalue weighted by Gasteiger charge is -2.27. The molecule has 3 heterocycles. The van der Waals surface area contributed by atoms with Gasteiger partial charge in [-0.25, -0.2) is 8.42 Å². The highest BCUT2D eigenvalue weighted by Crippen LogP contribution is 2.29. The van der Waals surface area contributed by atoms with E-state index in [9.17, 15) is 13.2 Å². The average molecular weight is 407 g/mol. The number of thiophene rings is 1. The lowest BCUT2D eigenvalue weighted by molar-refractivity contribution is -0.134. The highest BCUT2D eigenvalue weighted by Gasteiger charge is 2.29. The number of sulfonamides is 1. The molecule has 1 aromatic heterocycles. The number of carbonyl (C=O) groups excluding carboxylic acids is 1. The van der Waals surface area contributed by atoms with E-state index in [1.54, 1.807) is 17.0 Å². The van der Waals surface area contributed by atoms with Crippen molar-refractivity contribution < 1.29 is 17.9 Å². The van der Waals surface area contributed by atoms with Gasteiger partial charge in [0.05, 0.1) is 19.6 Å². The van der Waals surface area contributed by atoms with Gasteiger partial charge in [-0.1, -0.05) is 24.3 Å². The molecule has 1 aromatic carbocycles. The molecule has 2 aromatic rings. The maximum atomic E-state index is 13.0. The summed E-state index contributed by atoms with van der Waals surface area (Å²) in [5, 5.41) is 0. The summed E-state index contributed by atoms with van der Waals surface area (Å²) >= 11 is 1.20. The SMILES string of the molecule is O=C(Cc1ccc(S(=O)(=O)N2CCc3ccccc3C2)s1)N1CCOCC1. The Hall–Kier alpha value is -1.74. The number of fused-ring (bicyclic) bond motifs is 1. The number of rotatable bonds is 4. The standard InChI is InChI=1S/C19H22N2O4S2/c22-18(20-9-11-25-12-10-20)13-17-5-6-19(26-17)27(23,24)21-8-7-15-3-1-2-4-16(15)14-21/h1-6H,7-14H2. The Labute approximate surface area is 163 Å². The summed E-state index contributed by atoms with van der Waals surface area (Å²) in [5.74, 6) is 0.0241. The number of hydrogen-bond acceptors (Lipinski definition) is 5. The van der Waals surface area contributed by atoms with Crippen molar-refractivity contribution >= 4 is 27.3 Å². The summed E-state index contributed by atoms with van der Waals surface area (Å²) in [6.07, 6.45) is 0.964. The van der Waals surface area contributed by atoms with Gasteiger partial charge in [-0.3, -0.25) is 4.79 Å². The summed E-state index contributed by atoms with van der Waals surface area (Å²) in [6, 6.07) is 11.4. The minimum atomic E-state index is -3.54. The van der Waals surface area contributed by atoms with Gasteiger partial charge in [0.2, 0.25) is 5.91 Å². The van der Waals surface area contributed by atoms with E-state index < -0.39 is 10.0 Å². The number of amides is 1. The molecule has 2 aliphatic heterocycles. The van der Waals surface area contributed by atoms with Crippen LogP contribution < -0.4 is 0 Å². The third-order valence-electron chi connectivity index (χ3n) is 5.02. The Morgan fingerprint density at radius 1 is 1.04 bits per heavy atom. The predicted octanol–water partition coefficient (Wildman–Crippen LogP) is 1.90. The number of ether oxygens (including phenoxy) is 1. The maximum absolute atomic E-state index is 13.0. The van der Waals surface area contributed by atoms with Crippen LogP contribution in [0.3, 0.4) is 0 Å². The quantitative estimate of drug-likeness (QED) is 0.778. The second kappa shape index (κ2) is 7.71. The van der Waals surface area contributed by atoms with Crippen molar-refractivity contribution in [3.63, 3.8) is 0 Å². The van der Waals surface area contributed by atoms with Crippen LogP contribution >= 0.6 is 11.3 Å². The minimum Gasteiger partial charge on any atom is -0.378 e. The molecule has 0 spiro atoms. The first kappa shape index (κ1) is 18.6. The number of morpholine rings is 1. The number of benzene rings is 1. The summed E-state index contributed by atoms with van der Waals surface area (Å²) in [7, 11) is -3.54. The lowest BCUT2D eigenvalue weighted by Crippen LogP contribution is -2.41. The van der Waals surface area contributed by atoms with E-state index in [0.29, 0.717) is 43.6 Å². The van der Waals surface area contributed by atoms with Gasteiger partial charge in [-0.05, 0) is 29.7 Å². The van der Waals surface area contributed by atoms with Gasteiger partial charge in [-0.2, -0.15) is 4.31 Å². The van der Waals surface area contributed by atoms with Gasteiger partial charge in [0, 0.05) is 31.1 Å². The molecule has 6 nitrogen and oxygen atoms in total. The molecule has 0 N–H and O–H groups in total. The van der Waals surface area contributed by atoms with Gasteiger partial charge in [0.1, 0.15) is 4.21 Å². The van der Waals surface area contributed by atoms with Crippen LogP contribution in [0.4, 0.5) is 0 Å². The first-order valence-corrected chi connectivity index (χ1v) is 11.3. The summed E-state index contributed by atoms with van der Waals surface area (Å²) in [4.78, 5) is 14.9. The summed E-state index contributed by atoms with van der Waals surface area (Å²) in [6.45, 7) is 3.21. The molecule has 8 heteroatoms. The zero-order valence-electron chi connectivity index (χ0n) is 15.0. The predicted molar refractivity (Wildman–Crippen MR) is 103 cm³/mol. The summed E-state index contributed by atoms with van der Waals surface area (Å²) in [5.41, 5.74) is 2.28. The summed E-state index contributed by atoms with van der Waals surface area (Å²) < 4.78 is 33.2. The van der Waals surface area contributed by atoms with E-state index in [1.165, 1.54) is 21.2 Å². The van der Waals surface area contributed by atoms with Crippen molar-refractivity contribution in [2.75, 3.05) is 32.8 Å². The van der Waals surface area contributed by atoms with Crippen LogP contribution in [0.5, 0.6) is 0 Å². The van der Waals surface area contributed by atoms with Crippen molar-refractivity contribution in [1.29, 1.82) is 0 Å². The molecular weight excluding hydrogens is 384 g/mol. The molecule has 0 radical (unpaired) electrons. The van der Waals surface area contributed by atoms with Crippen LogP contribution in [0.1, 0.15) is 16.0 Å². The molecule has 2 aliphatic rings. The smallest absolute Gasteiger partial charge is 0.252 e. The third-order valence-corrected chi connectivity index (χ3v) is 8.41. The molecule has 1 fully saturated rings. The molecule has 0 unspecified atom stereocenters. The monoisotopic (exact) mass is 406 g/mol. The topological polar surface area (TPSA) is 66.9 Å². The fourth-order valence-electron chi connectivity index (χ4n) is 3.47. The third kappa shape index (κ3) is 3.94. The van der Waals surface area contributed by atoms with Crippen LogP contribution in [0.25, 0.3) is 0 Å². The molecular formula is C19H22N2O4S2. The minimum absolute atomic E-state index is 0.0241. The van der Waals surface area contributed by atoms with Gasteiger partial charge in [0.15, 0.2) is 0 Å². The first-order chi connectivity index (χ1) is 13.0. The molecule has 144 valence electrons. The Morgan fingerprint density at radius 2 is 1.78 bits per heavy atom. The van der Waals surface area contributed by atoms with Gasteiger partial charge in [-0.15, -0.1) is 11.3 Å². The Morgan fingerprint density at radius 3 is 2.56 bits per heavy atom. The van der Waals surface area contributed by atoms with Crippen LogP contribution in [-0.2, 0) is 38.9 Å². The normalized spacial score (nSPS) is 18.3.